The number of hydrogen-bond donors (Lipinski definition) is 0. The number of piperidine rings is 1. The monoisotopic (exact) mass is 517 g/mol. The molecule has 1 saturated carbocycles. The number of Topliss-reactive ketones (excluding diaryl/α,β-unsaturated/α-hetero) is 1. The standard InChI is InChI=1S/C27H23F4NO3S/c28-22-9-11-23(12-10-22)36(34,35)32-16-20-15-24(20)26(32)25(33)13-4-17-2-1-3-19(14-17)18-5-7-21(8-6-18)27(29,30)31/h1-3,5-12,14,20,24,26H,4,13,15-16H2/t20-,24-,26-/m0/s1. The number of ketones is 1. The third kappa shape index (κ3) is 4.82. The van der Waals surface area contributed by atoms with E-state index < -0.39 is 33.6 Å². The fourth-order valence-electron chi connectivity index (χ4n) is 4.99. The van der Waals surface area contributed by atoms with Crippen LogP contribution in [0, 0.1) is 17.7 Å². The van der Waals surface area contributed by atoms with Crippen LogP contribution in [0.5, 0.6) is 0 Å². The second kappa shape index (κ2) is 9.12. The first-order valence-corrected chi connectivity index (χ1v) is 13.0. The average molecular weight is 518 g/mol. The van der Waals surface area contributed by atoms with Crippen LogP contribution in [0.2, 0.25) is 0 Å². The Balaban J connectivity index is 1.29. The highest BCUT2D eigenvalue weighted by molar-refractivity contribution is 7.89. The highest BCUT2D eigenvalue weighted by atomic mass is 32.2. The Hall–Kier alpha value is -3.04. The molecule has 0 bridgehead atoms. The number of benzene rings is 3. The van der Waals surface area contributed by atoms with Crippen molar-refractivity contribution in [3.63, 3.8) is 0 Å². The minimum atomic E-state index is -4.40. The lowest BCUT2D eigenvalue weighted by Crippen LogP contribution is -2.43. The number of hydrogen-bond acceptors (Lipinski definition) is 3. The maximum atomic E-state index is 13.3. The molecule has 0 N–H and O–H groups in total. The van der Waals surface area contributed by atoms with E-state index in [0.29, 0.717) is 12.0 Å². The molecular weight excluding hydrogens is 494 g/mol. The van der Waals surface area contributed by atoms with Crippen LogP contribution in [0.25, 0.3) is 11.1 Å². The van der Waals surface area contributed by atoms with Crippen LogP contribution in [0.1, 0.15) is 24.0 Å². The number of aryl methyl sites for hydroxylation is 1. The number of alkyl halides is 3. The van der Waals surface area contributed by atoms with Crippen molar-refractivity contribution >= 4 is 15.8 Å². The van der Waals surface area contributed by atoms with Gasteiger partial charge in [-0.3, -0.25) is 4.79 Å². The van der Waals surface area contributed by atoms with Gasteiger partial charge in [0, 0.05) is 13.0 Å². The lowest BCUT2D eigenvalue weighted by Gasteiger charge is -2.26. The van der Waals surface area contributed by atoms with Gasteiger partial charge < -0.3 is 0 Å². The van der Waals surface area contributed by atoms with E-state index in [9.17, 15) is 30.8 Å². The second-order valence-corrected chi connectivity index (χ2v) is 11.3. The molecule has 0 spiro atoms. The van der Waals surface area contributed by atoms with Gasteiger partial charge in [-0.05, 0) is 77.8 Å². The van der Waals surface area contributed by atoms with Crippen LogP contribution in [-0.4, -0.2) is 31.1 Å². The predicted molar refractivity (Wildman–Crippen MR) is 126 cm³/mol. The first-order valence-electron chi connectivity index (χ1n) is 11.6. The van der Waals surface area contributed by atoms with Crippen molar-refractivity contribution in [3.05, 3.63) is 89.7 Å². The van der Waals surface area contributed by atoms with Crippen molar-refractivity contribution in [2.24, 2.45) is 11.8 Å². The minimum absolute atomic E-state index is 0.00575. The fourth-order valence-corrected chi connectivity index (χ4v) is 6.70. The quantitative estimate of drug-likeness (QED) is 0.377. The summed E-state index contributed by atoms with van der Waals surface area (Å²) in [7, 11) is -3.93. The third-order valence-electron chi connectivity index (χ3n) is 6.99. The highest BCUT2D eigenvalue weighted by Gasteiger charge is 2.58. The topological polar surface area (TPSA) is 54.5 Å². The van der Waals surface area contributed by atoms with Crippen molar-refractivity contribution in [2.45, 2.75) is 36.4 Å². The summed E-state index contributed by atoms with van der Waals surface area (Å²) >= 11 is 0. The van der Waals surface area contributed by atoms with E-state index in [-0.39, 0.29) is 35.5 Å². The minimum Gasteiger partial charge on any atom is -0.298 e. The molecule has 3 aromatic carbocycles. The van der Waals surface area contributed by atoms with E-state index in [0.717, 1.165) is 41.8 Å². The first kappa shape index (κ1) is 24.6. The van der Waals surface area contributed by atoms with Gasteiger partial charge in [0.1, 0.15) is 5.82 Å². The Kier molecular flexibility index (Phi) is 6.24. The Labute approximate surface area is 206 Å². The summed E-state index contributed by atoms with van der Waals surface area (Å²) in [6.07, 6.45) is -3.07. The summed E-state index contributed by atoms with van der Waals surface area (Å²) in [6, 6.07) is 16.0. The molecule has 9 heteroatoms. The molecule has 3 aromatic rings. The number of nitrogens with zero attached hydrogens (tertiary/aromatic N) is 1. The normalized spacial score (nSPS) is 21.8. The molecule has 1 saturated heterocycles. The van der Waals surface area contributed by atoms with Crippen LogP contribution >= 0.6 is 0 Å². The Morgan fingerprint density at radius 2 is 1.64 bits per heavy atom. The molecule has 0 amide bonds. The summed E-state index contributed by atoms with van der Waals surface area (Å²) in [4.78, 5) is 13.2. The largest absolute Gasteiger partial charge is 0.416 e. The smallest absolute Gasteiger partial charge is 0.298 e. The Morgan fingerprint density at radius 1 is 0.944 bits per heavy atom. The van der Waals surface area contributed by atoms with E-state index in [1.54, 1.807) is 12.1 Å². The van der Waals surface area contributed by atoms with Crippen molar-refractivity contribution < 1.29 is 30.8 Å². The van der Waals surface area contributed by atoms with Crippen molar-refractivity contribution in [2.75, 3.05) is 6.54 Å². The average Bonchev–Trinajstić information content (AvgIpc) is 3.51. The molecular formula is C27H23F4NO3S. The number of rotatable bonds is 7. The van der Waals surface area contributed by atoms with Crippen molar-refractivity contribution in [3.8, 4) is 11.1 Å². The van der Waals surface area contributed by atoms with Gasteiger partial charge in [0.15, 0.2) is 5.78 Å². The molecule has 1 aliphatic carbocycles. The Morgan fingerprint density at radius 3 is 2.31 bits per heavy atom. The number of halogens is 4. The van der Waals surface area contributed by atoms with Gasteiger partial charge in [-0.2, -0.15) is 17.5 Å². The van der Waals surface area contributed by atoms with Gasteiger partial charge in [-0.15, -0.1) is 0 Å². The van der Waals surface area contributed by atoms with E-state index in [1.165, 1.54) is 28.6 Å². The van der Waals surface area contributed by atoms with Crippen LogP contribution in [-0.2, 0) is 27.4 Å². The molecule has 5 rings (SSSR count). The summed E-state index contributed by atoms with van der Waals surface area (Å²) in [6.45, 7) is 0.282. The SMILES string of the molecule is O=C(CCc1cccc(-c2ccc(C(F)(F)F)cc2)c1)[C@@H]1[C@H]2C[C@H]2CN1S(=O)(=O)c1ccc(F)cc1. The molecule has 0 radical (unpaired) electrons. The molecule has 2 fully saturated rings. The molecule has 0 unspecified atom stereocenters. The number of sulfonamides is 1. The molecule has 36 heavy (non-hydrogen) atoms. The number of fused-ring (bicyclic) bond motifs is 1. The van der Waals surface area contributed by atoms with Crippen LogP contribution in [0.4, 0.5) is 17.6 Å². The van der Waals surface area contributed by atoms with E-state index in [4.69, 9.17) is 0 Å². The Bertz CT molecular complexity index is 1390. The third-order valence-corrected chi connectivity index (χ3v) is 8.85. The molecule has 188 valence electrons. The lowest BCUT2D eigenvalue weighted by molar-refractivity contribution is -0.137. The van der Waals surface area contributed by atoms with E-state index in [1.807, 2.05) is 12.1 Å². The molecule has 4 nitrogen and oxygen atoms in total. The predicted octanol–water partition coefficient (Wildman–Crippen LogP) is 5.72. The maximum absolute atomic E-state index is 13.3. The van der Waals surface area contributed by atoms with Gasteiger partial charge in [0.2, 0.25) is 10.0 Å². The summed E-state index contributed by atoms with van der Waals surface area (Å²) in [5.41, 5.74) is 1.48. The maximum Gasteiger partial charge on any atom is 0.416 e. The van der Waals surface area contributed by atoms with Crippen molar-refractivity contribution in [1.82, 2.24) is 4.31 Å². The highest BCUT2D eigenvalue weighted by Crippen LogP contribution is 2.51. The van der Waals surface area contributed by atoms with Crippen molar-refractivity contribution in [1.29, 1.82) is 0 Å². The van der Waals surface area contributed by atoms with Crippen LogP contribution in [0.3, 0.4) is 0 Å². The van der Waals surface area contributed by atoms with Gasteiger partial charge >= 0.3 is 6.18 Å². The summed E-state index contributed by atoms with van der Waals surface area (Å²) in [5.74, 6) is -0.529. The molecule has 2 aliphatic rings. The van der Waals surface area contributed by atoms with E-state index >= 15 is 0 Å². The molecule has 3 atom stereocenters. The molecule has 0 aromatic heterocycles. The van der Waals surface area contributed by atoms with Crippen LogP contribution < -0.4 is 0 Å². The molecule has 1 aliphatic heterocycles. The van der Waals surface area contributed by atoms with E-state index in [2.05, 4.69) is 0 Å². The molecule has 1 heterocycles. The van der Waals surface area contributed by atoms with Crippen LogP contribution in [0.15, 0.2) is 77.7 Å². The van der Waals surface area contributed by atoms with Gasteiger partial charge in [-0.25, -0.2) is 12.8 Å². The number of carbonyl (C=O) groups excluding carboxylic acids is 1. The van der Waals surface area contributed by atoms with Gasteiger partial charge in [0.25, 0.3) is 0 Å². The lowest BCUT2D eigenvalue weighted by atomic mass is 9.97. The summed E-state index contributed by atoms with van der Waals surface area (Å²) in [5, 5.41) is 0. The first-order chi connectivity index (χ1) is 17.0. The second-order valence-electron chi connectivity index (χ2n) is 9.37. The zero-order valence-corrected chi connectivity index (χ0v) is 19.9. The zero-order valence-electron chi connectivity index (χ0n) is 19.1. The zero-order chi connectivity index (χ0) is 25.7. The number of carbonyl (C=O) groups is 1. The van der Waals surface area contributed by atoms with Gasteiger partial charge in [-0.1, -0.05) is 36.4 Å². The summed E-state index contributed by atoms with van der Waals surface area (Å²) < 4.78 is 79.4. The fraction of sp³-hybridized carbons (Fsp3) is 0.296. The van der Waals surface area contributed by atoms with Gasteiger partial charge in [0.05, 0.1) is 16.5 Å².